The highest BCUT2D eigenvalue weighted by Crippen LogP contribution is 2.19. The summed E-state index contributed by atoms with van der Waals surface area (Å²) in [6, 6.07) is 0. The Kier molecular flexibility index (Phi) is 4.36. The van der Waals surface area contributed by atoms with Gasteiger partial charge in [0.2, 0.25) is 0 Å². The van der Waals surface area contributed by atoms with E-state index in [9.17, 15) is 4.79 Å². The lowest BCUT2D eigenvalue weighted by atomic mass is 9.97. The van der Waals surface area contributed by atoms with E-state index in [4.69, 9.17) is 0 Å². The first kappa shape index (κ1) is 10.1. The molecular formula is C10H17NO2. The number of hydrogen-bond donors (Lipinski definition) is 1. The summed E-state index contributed by atoms with van der Waals surface area (Å²) in [6.45, 7) is 0.693. The molecule has 1 N–H and O–H groups in total. The summed E-state index contributed by atoms with van der Waals surface area (Å²) in [4.78, 5) is 10.7. The highest BCUT2D eigenvalue weighted by molar-refractivity contribution is 5.66. The van der Waals surface area contributed by atoms with Gasteiger partial charge < -0.3 is 10.1 Å². The Labute approximate surface area is 79.2 Å². The lowest BCUT2D eigenvalue weighted by molar-refractivity contribution is 0.171. The molecule has 74 valence electrons. The Bertz CT molecular complexity index is 199. The fourth-order valence-electron chi connectivity index (χ4n) is 1.53. The lowest BCUT2D eigenvalue weighted by Crippen LogP contribution is -2.24. The molecule has 0 fully saturated rings. The summed E-state index contributed by atoms with van der Waals surface area (Å²) in [5.41, 5.74) is 1.47. The van der Waals surface area contributed by atoms with Gasteiger partial charge in [-0.15, -0.1) is 0 Å². The summed E-state index contributed by atoms with van der Waals surface area (Å²) in [7, 11) is 1.38. The molecular weight excluding hydrogens is 166 g/mol. The fraction of sp³-hybridized carbons (Fsp3) is 0.700. The molecule has 0 spiro atoms. The molecule has 0 saturated heterocycles. The van der Waals surface area contributed by atoms with Gasteiger partial charge in [-0.2, -0.15) is 0 Å². The number of methoxy groups -OCH3 is 1. The summed E-state index contributed by atoms with van der Waals surface area (Å²) in [5, 5.41) is 2.68. The zero-order valence-corrected chi connectivity index (χ0v) is 8.14. The van der Waals surface area contributed by atoms with Gasteiger partial charge in [0.15, 0.2) is 0 Å². The number of hydrogen-bond acceptors (Lipinski definition) is 2. The average molecular weight is 183 g/mol. The minimum atomic E-state index is -0.337. The number of carbonyl (C=O) groups is 1. The van der Waals surface area contributed by atoms with Crippen molar-refractivity contribution in [3.63, 3.8) is 0 Å². The van der Waals surface area contributed by atoms with Crippen molar-refractivity contribution in [1.82, 2.24) is 5.32 Å². The van der Waals surface area contributed by atoms with Crippen LogP contribution in [0.2, 0.25) is 0 Å². The van der Waals surface area contributed by atoms with Crippen LogP contribution < -0.4 is 5.32 Å². The molecule has 0 radical (unpaired) electrons. The number of nitrogens with one attached hydrogen (secondary N) is 1. The highest BCUT2D eigenvalue weighted by atomic mass is 16.5. The van der Waals surface area contributed by atoms with Gasteiger partial charge in [0.1, 0.15) is 0 Å². The number of carbonyl (C=O) groups excluding carboxylic acids is 1. The molecule has 13 heavy (non-hydrogen) atoms. The van der Waals surface area contributed by atoms with Crippen molar-refractivity contribution in [2.45, 2.75) is 32.1 Å². The molecule has 0 atom stereocenters. The van der Waals surface area contributed by atoms with E-state index >= 15 is 0 Å². The van der Waals surface area contributed by atoms with Gasteiger partial charge in [0.05, 0.1) is 7.11 Å². The van der Waals surface area contributed by atoms with Gasteiger partial charge in [0.25, 0.3) is 0 Å². The normalized spacial score (nSPS) is 16.2. The Morgan fingerprint density at radius 3 is 3.08 bits per heavy atom. The predicted molar refractivity (Wildman–Crippen MR) is 51.6 cm³/mol. The van der Waals surface area contributed by atoms with Crippen molar-refractivity contribution in [2.75, 3.05) is 13.7 Å². The molecule has 3 heteroatoms. The molecule has 0 bridgehead atoms. The van der Waals surface area contributed by atoms with E-state index in [2.05, 4.69) is 16.1 Å². The van der Waals surface area contributed by atoms with Crippen LogP contribution in [0.25, 0.3) is 0 Å². The smallest absolute Gasteiger partial charge is 0.406 e. The third kappa shape index (κ3) is 3.97. The zero-order chi connectivity index (χ0) is 9.52. The van der Waals surface area contributed by atoms with Crippen LogP contribution in [0.15, 0.2) is 11.6 Å². The number of alkyl carbamates (subject to hydrolysis) is 1. The van der Waals surface area contributed by atoms with Crippen LogP contribution in [0.3, 0.4) is 0 Å². The highest BCUT2D eigenvalue weighted by Gasteiger charge is 2.04. The van der Waals surface area contributed by atoms with Gasteiger partial charge in [0, 0.05) is 6.54 Å². The van der Waals surface area contributed by atoms with Crippen molar-refractivity contribution in [2.24, 2.45) is 0 Å². The third-order valence-electron chi connectivity index (χ3n) is 2.29. The summed E-state index contributed by atoms with van der Waals surface area (Å²) in [5.74, 6) is 0. The molecule has 0 saturated carbocycles. The van der Waals surface area contributed by atoms with Crippen LogP contribution in [0.5, 0.6) is 0 Å². The van der Waals surface area contributed by atoms with E-state index in [1.807, 2.05) is 0 Å². The Morgan fingerprint density at radius 2 is 2.46 bits per heavy atom. The molecule has 0 heterocycles. The second kappa shape index (κ2) is 5.62. The molecule has 3 nitrogen and oxygen atoms in total. The van der Waals surface area contributed by atoms with E-state index in [-0.39, 0.29) is 6.09 Å². The van der Waals surface area contributed by atoms with Gasteiger partial charge in [-0.3, -0.25) is 0 Å². The van der Waals surface area contributed by atoms with Crippen molar-refractivity contribution in [3.8, 4) is 0 Å². The van der Waals surface area contributed by atoms with Crippen LogP contribution in [0, 0.1) is 0 Å². The van der Waals surface area contributed by atoms with Crippen LogP contribution in [-0.4, -0.2) is 19.7 Å². The first-order chi connectivity index (χ1) is 6.33. The van der Waals surface area contributed by atoms with Crippen LogP contribution >= 0.6 is 0 Å². The number of ether oxygens (including phenoxy) is 1. The molecule has 0 aromatic rings. The Hall–Kier alpha value is -0.990. The second-order valence-electron chi connectivity index (χ2n) is 3.28. The number of rotatable bonds is 3. The Balaban J connectivity index is 2.11. The third-order valence-corrected chi connectivity index (χ3v) is 2.29. The van der Waals surface area contributed by atoms with Crippen molar-refractivity contribution >= 4 is 6.09 Å². The zero-order valence-electron chi connectivity index (χ0n) is 8.14. The first-order valence-corrected chi connectivity index (χ1v) is 4.82. The standard InChI is InChI=1S/C10H17NO2/c1-13-10(12)11-8-7-9-5-3-2-4-6-9/h5H,2-4,6-8H2,1H3,(H,11,12). The van der Waals surface area contributed by atoms with Crippen molar-refractivity contribution in [1.29, 1.82) is 0 Å². The predicted octanol–water partition coefficient (Wildman–Crippen LogP) is 2.23. The van der Waals surface area contributed by atoms with Crippen LogP contribution in [0.4, 0.5) is 4.79 Å². The SMILES string of the molecule is COC(=O)NCCC1=CCCCC1. The van der Waals surface area contributed by atoms with Gasteiger partial charge in [-0.05, 0) is 32.1 Å². The molecule has 1 aliphatic rings. The van der Waals surface area contributed by atoms with E-state index in [1.165, 1.54) is 38.4 Å². The van der Waals surface area contributed by atoms with Crippen molar-refractivity contribution < 1.29 is 9.53 Å². The summed E-state index contributed by atoms with van der Waals surface area (Å²) in [6.07, 6.45) is 7.93. The molecule has 1 amide bonds. The molecule has 1 rings (SSSR count). The molecule has 0 aliphatic heterocycles. The van der Waals surface area contributed by atoms with Gasteiger partial charge >= 0.3 is 6.09 Å². The minimum Gasteiger partial charge on any atom is -0.453 e. The quantitative estimate of drug-likeness (QED) is 0.681. The van der Waals surface area contributed by atoms with E-state index in [1.54, 1.807) is 0 Å². The molecule has 0 aromatic heterocycles. The second-order valence-corrected chi connectivity index (χ2v) is 3.28. The maximum atomic E-state index is 10.7. The molecule has 0 aromatic carbocycles. The molecule has 0 unspecified atom stereocenters. The van der Waals surface area contributed by atoms with Crippen LogP contribution in [0.1, 0.15) is 32.1 Å². The Morgan fingerprint density at radius 1 is 1.62 bits per heavy atom. The first-order valence-electron chi connectivity index (χ1n) is 4.82. The maximum Gasteiger partial charge on any atom is 0.406 e. The minimum absolute atomic E-state index is 0.337. The monoisotopic (exact) mass is 183 g/mol. The number of amides is 1. The maximum absolute atomic E-state index is 10.7. The fourth-order valence-corrected chi connectivity index (χ4v) is 1.53. The van der Waals surface area contributed by atoms with Gasteiger partial charge in [-0.25, -0.2) is 4.79 Å². The van der Waals surface area contributed by atoms with Gasteiger partial charge in [-0.1, -0.05) is 11.6 Å². The lowest BCUT2D eigenvalue weighted by Gasteiger charge is -2.12. The van der Waals surface area contributed by atoms with Crippen LogP contribution in [-0.2, 0) is 4.74 Å². The largest absolute Gasteiger partial charge is 0.453 e. The average Bonchev–Trinajstić information content (AvgIpc) is 2.19. The topological polar surface area (TPSA) is 38.3 Å². The van der Waals surface area contributed by atoms with Crippen molar-refractivity contribution in [3.05, 3.63) is 11.6 Å². The summed E-state index contributed by atoms with van der Waals surface area (Å²) < 4.78 is 4.47. The van der Waals surface area contributed by atoms with E-state index in [0.717, 1.165) is 6.42 Å². The van der Waals surface area contributed by atoms with E-state index < -0.39 is 0 Å². The number of allylic oxidation sites excluding steroid dienone is 1. The summed E-state index contributed by atoms with van der Waals surface area (Å²) >= 11 is 0. The van der Waals surface area contributed by atoms with E-state index in [0.29, 0.717) is 6.54 Å². The molecule has 1 aliphatic carbocycles.